The minimum absolute atomic E-state index is 0.153. The van der Waals surface area contributed by atoms with Gasteiger partial charge in [-0.25, -0.2) is 14.8 Å². The van der Waals surface area contributed by atoms with Crippen LogP contribution in [0.15, 0.2) is 12.4 Å². The number of aromatic nitrogens is 2. The number of carbonyl (C=O) groups is 1. The number of amides is 1. The van der Waals surface area contributed by atoms with Crippen molar-refractivity contribution in [3.8, 4) is 5.88 Å². The average Bonchev–Trinajstić information content (AvgIpc) is 3.34. The fourth-order valence-corrected chi connectivity index (χ4v) is 4.80. The molecule has 30 heavy (non-hydrogen) atoms. The number of ether oxygens (including phenoxy) is 2. The van der Waals surface area contributed by atoms with Gasteiger partial charge in [0.05, 0.1) is 13.7 Å². The SMILES string of the molecule is COc1cc(N2CCC3(CC2)CN(CCCN2CCC(N(C)C)C2)C(=O)O3)ncn1. The summed E-state index contributed by atoms with van der Waals surface area (Å²) in [6.45, 7) is 6.42. The lowest BCUT2D eigenvalue weighted by molar-refractivity contribution is 0.0366. The van der Waals surface area contributed by atoms with Crippen molar-refractivity contribution < 1.29 is 14.3 Å². The van der Waals surface area contributed by atoms with Gasteiger partial charge in [0, 0.05) is 51.1 Å². The smallest absolute Gasteiger partial charge is 0.410 e. The number of nitrogens with zero attached hydrogens (tertiary/aromatic N) is 6. The monoisotopic (exact) mass is 418 g/mol. The molecule has 0 aromatic carbocycles. The Kier molecular flexibility index (Phi) is 6.29. The van der Waals surface area contributed by atoms with Gasteiger partial charge in [-0.2, -0.15) is 0 Å². The molecule has 1 atom stereocenters. The van der Waals surface area contributed by atoms with Crippen molar-refractivity contribution in [3.05, 3.63) is 12.4 Å². The second kappa shape index (κ2) is 8.93. The summed E-state index contributed by atoms with van der Waals surface area (Å²) >= 11 is 0. The number of hydrogen-bond acceptors (Lipinski definition) is 8. The molecule has 166 valence electrons. The van der Waals surface area contributed by atoms with E-state index in [1.807, 2.05) is 11.0 Å². The number of hydrogen-bond donors (Lipinski definition) is 0. The molecule has 0 aliphatic carbocycles. The topological polar surface area (TPSA) is 74.3 Å². The minimum Gasteiger partial charge on any atom is -0.481 e. The summed E-state index contributed by atoms with van der Waals surface area (Å²) < 4.78 is 11.1. The Hall–Kier alpha value is -2.13. The lowest BCUT2D eigenvalue weighted by atomic mass is 9.91. The molecule has 4 heterocycles. The Balaban J connectivity index is 1.24. The van der Waals surface area contributed by atoms with Gasteiger partial charge in [0.15, 0.2) is 0 Å². The highest BCUT2D eigenvalue weighted by Crippen LogP contribution is 2.34. The highest BCUT2D eigenvalue weighted by molar-refractivity contribution is 5.70. The van der Waals surface area contributed by atoms with Crippen LogP contribution in [0.3, 0.4) is 0 Å². The Morgan fingerprint density at radius 2 is 2.03 bits per heavy atom. The summed E-state index contributed by atoms with van der Waals surface area (Å²) in [4.78, 5) is 29.9. The van der Waals surface area contributed by atoms with Gasteiger partial charge in [0.1, 0.15) is 17.7 Å². The van der Waals surface area contributed by atoms with Gasteiger partial charge in [0.25, 0.3) is 0 Å². The average molecular weight is 419 g/mol. The number of likely N-dealkylation sites (N-methyl/N-ethyl adjacent to an activating group) is 1. The number of anilines is 1. The maximum absolute atomic E-state index is 12.5. The van der Waals surface area contributed by atoms with E-state index in [4.69, 9.17) is 9.47 Å². The van der Waals surface area contributed by atoms with Crippen LogP contribution in [-0.4, -0.2) is 109 Å². The predicted molar refractivity (Wildman–Crippen MR) is 114 cm³/mol. The van der Waals surface area contributed by atoms with E-state index in [0.29, 0.717) is 18.5 Å². The molecule has 9 heteroatoms. The Morgan fingerprint density at radius 1 is 1.23 bits per heavy atom. The van der Waals surface area contributed by atoms with Crippen molar-refractivity contribution in [2.24, 2.45) is 0 Å². The summed E-state index contributed by atoms with van der Waals surface area (Å²) in [6, 6.07) is 2.51. The van der Waals surface area contributed by atoms with Crippen molar-refractivity contribution in [1.82, 2.24) is 24.7 Å². The number of piperidine rings is 1. The molecule has 1 aromatic rings. The highest BCUT2D eigenvalue weighted by Gasteiger charge is 2.46. The molecule has 1 aromatic heterocycles. The molecule has 3 saturated heterocycles. The quantitative estimate of drug-likeness (QED) is 0.656. The van der Waals surface area contributed by atoms with Crippen LogP contribution < -0.4 is 9.64 Å². The second-order valence-electron chi connectivity index (χ2n) is 8.94. The summed E-state index contributed by atoms with van der Waals surface area (Å²) in [6.07, 6.45) is 5.24. The maximum atomic E-state index is 12.5. The standard InChI is InChI=1S/C21H34N6O3/c1-24(2)17-5-10-25(14-17)8-4-9-27-15-21(30-20(27)28)6-11-26(12-7-21)18-13-19(29-3)23-16-22-18/h13,16-17H,4-12,14-15H2,1-3H3. The van der Waals surface area contributed by atoms with Crippen LogP contribution in [0.5, 0.6) is 5.88 Å². The maximum Gasteiger partial charge on any atom is 0.410 e. The molecule has 1 unspecified atom stereocenters. The summed E-state index contributed by atoms with van der Waals surface area (Å²) in [7, 11) is 5.91. The molecule has 3 fully saturated rings. The Bertz CT molecular complexity index is 737. The van der Waals surface area contributed by atoms with Crippen molar-refractivity contribution >= 4 is 11.9 Å². The van der Waals surface area contributed by atoms with Gasteiger partial charge in [-0.3, -0.25) is 0 Å². The fraction of sp³-hybridized carbons (Fsp3) is 0.762. The van der Waals surface area contributed by atoms with Crippen molar-refractivity contribution in [1.29, 1.82) is 0 Å². The molecule has 0 N–H and O–H groups in total. The van der Waals surface area contributed by atoms with Crippen molar-refractivity contribution in [2.45, 2.75) is 37.3 Å². The third kappa shape index (κ3) is 4.62. The first-order valence-corrected chi connectivity index (χ1v) is 11.0. The molecule has 1 spiro atoms. The van der Waals surface area contributed by atoms with Crippen LogP contribution in [-0.2, 0) is 4.74 Å². The van der Waals surface area contributed by atoms with Crippen LogP contribution in [0, 0.1) is 0 Å². The van der Waals surface area contributed by atoms with E-state index >= 15 is 0 Å². The Labute approximate surface area is 178 Å². The second-order valence-corrected chi connectivity index (χ2v) is 8.94. The van der Waals surface area contributed by atoms with E-state index in [1.54, 1.807) is 7.11 Å². The van der Waals surface area contributed by atoms with E-state index < -0.39 is 0 Å². The Morgan fingerprint density at radius 3 is 2.73 bits per heavy atom. The van der Waals surface area contributed by atoms with Gasteiger partial charge in [0.2, 0.25) is 5.88 Å². The molecular weight excluding hydrogens is 384 g/mol. The van der Waals surface area contributed by atoms with Crippen molar-refractivity contribution in [2.75, 3.05) is 71.9 Å². The van der Waals surface area contributed by atoms with Crippen LogP contribution >= 0.6 is 0 Å². The zero-order chi connectivity index (χ0) is 21.1. The first kappa shape index (κ1) is 21.1. The normalized spacial score (nSPS) is 24.1. The van der Waals surface area contributed by atoms with Crippen LogP contribution in [0.2, 0.25) is 0 Å². The van der Waals surface area contributed by atoms with E-state index in [1.165, 1.54) is 12.7 Å². The molecule has 0 saturated carbocycles. The summed E-state index contributed by atoms with van der Waals surface area (Å²) in [5.74, 6) is 1.42. The first-order valence-electron chi connectivity index (χ1n) is 11.0. The van der Waals surface area contributed by atoms with Gasteiger partial charge in [-0.05, 0) is 40.0 Å². The summed E-state index contributed by atoms with van der Waals surface area (Å²) in [5, 5.41) is 0. The number of carbonyl (C=O) groups excluding carboxylic acids is 1. The third-order valence-corrected chi connectivity index (χ3v) is 6.76. The largest absolute Gasteiger partial charge is 0.481 e. The van der Waals surface area contributed by atoms with Crippen molar-refractivity contribution in [3.63, 3.8) is 0 Å². The molecule has 3 aliphatic heterocycles. The molecule has 3 aliphatic rings. The van der Waals surface area contributed by atoms with Crippen LogP contribution in [0.4, 0.5) is 10.6 Å². The molecule has 9 nitrogen and oxygen atoms in total. The number of methoxy groups -OCH3 is 1. The lowest BCUT2D eigenvalue weighted by Gasteiger charge is -2.37. The van der Waals surface area contributed by atoms with Crippen LogP contribution in [0.1, 0.15) is 25.7 Å². The van der Waals surface area contributed by atoms with Crippen LogP contribution in [0.25, 0.3) is 0 Å². The zero-order valence-electron chi connectivity index (χ0n) is 18.4. The molecule has 0 radical (unpaired) electrons. The third-order valence-electron chi connectivity index (χ3n) is 6.76. The van der Waals surface area contributed by atoms with Gasteiger partial charge in [-0.15, -0.1) is 0 Å². The first-order chi connectivity index (χ1) is 14.5. The fourth-order valence-electron chi connectivity index (χ4n) is 4.80. The van der Waals surface area contributed by atoms with E-state index in [-0.39, 0.29) is 11.7 Å². The zero-order valence-corrected chi connectivity index (χ0v) is 18.4. The number of likely N-dealkylation sites (tertiary alicyclic amines) is 1. The molecular formula is C21H34N6O3. The summed E-state index contributed by atoms with van der Waals surface area (Å²) in [5.41, 5.74) is -0.353. The molecule has 1 amide bonds. The van der Waals surface area contributed by atoms with Gasteiger partial charge in [-0.1, -0.05) is 0 Å². The van der Waals surface area contributed by atoms with Gasteiger partial charge >= 0.3 is 6.09 Å². The lowest BCUT2D eigenvalue weighted by Crippen LogP contribution is -2.47. The van der Waals surface area contributed by atoms with Gasteiger partial charge < -0.3 is 29.1 Å². The number of rotatable bonds is 7. The van der Waals surface area contributed by atoms with E-state index in [9.17, 15) is 4.79 Å². The minimum atomic E-state index is -0.353. The van der Waals surface area contributed by atoms with E-state index in [0.717, 1.165) is 64.3 Å². The highest BCUT2D eigenvalue weighted by atomic mass is 16.6. The van der Waals surface area contributed by atoms with E-state index in [2.05, 4.69) is 38.8 Å². The molecule has 0 bridgehead atoms. The molecule has 4 rings (SSSR count). The predicted octanol–water partition coefficient (Wildman–Crippen LogP) is 1.30.